The van der Waals surface area contributed by atoms with Crippen LogP contribution in [0.4, 0.5) is 5.69 Å². The molecular formula is C17H22N4O. The van der Waals surface area contributed by atoms with E-state index in [1.54, 1.807) is 4.90 Å². The molecule has 2 aliphatic heterocycles. The Kier molecular flexibility index (Phi) is 4.59. The Morgan fingerprint density at radius 1 is 1.32 bits per heavy atom. The van der Waals surface area contributed by atoms with E-state index < -0.39 is 0 Å². The van der Waals surface area contributed by atoms with E-state index in [1.165, 1.54) is 0 Å². The molecule has 2 saturated heterocycles. The van der Waals surface area contributed by atoms with Gasteiger partial charge in [0.2, 0.25) is 5.91 Å². The van der Waals surface area contributed by atoms with Crippen molar-refractivity contribution in [1.29, 1.82) is 5.26 Å². The molecular weight excluding hydrogens is 276 g/mol. The van der Waals surface area contributed by atoms with Gasteiger partial charge in [-0.1, -0.05) is 18.2 Å². The van der Waals surface area contributed by atoms with Crippen molar-refractivity contribution in [3.05, 3.63) is 30.3 Å². The smallest absolute Gasteiger partial charge is 0.240 e. The van der Waals surface area contributed by atoms with E-state index in [-0.39, 0.29) is 18.0 Å². The lowest BCUT2D eigenvalue weighted by Gasteiger charge is -2.24. The van der Waals surface area contributed by atoms with Crippen molar-refractivity contribution in [3.8, 4) is 6.07 Å². The third-order valence-electron chi connectivity index (χ3n) is 4.55. The molecule has 2 aliphatic rings. The van der Waals surface area contributed by atoms with Crippen LogP contribution in [0.3, 0.4) is 0 Å². The number of carbonyl (C=O) groups excluding carboxylic acids is 1. The first-order chi connectivity index (χ1) is 10.8. The van der Waals surface area contributed by atoms with Crippen LogP contribution in [0.15, 0.2) is 30.3 Å². The topological polar surface area (TPSA) is 68.2 Å². The number of para-hydroxylation sites is 1. The third-order valence-corrected chi connectivity index (χ3v) is 4.55. The summed E-state index contributed by atoms with van der Waals surface area (Å²) in [7, 11) is 0. The Hall–Kier alpha value is -2.06. The fourth-order valence-electron chi connectivity index (χ4n) is 3.34. The quantitative estimate of drug-likeness (QED) is 0.888. The van der Waals surface area contributed by atoms with Gasteiger partial charge in [-0.15, -0.1) is 0 Å². The molecule has 0 bridgehead atoms. The maximum Gasteiger partial charge on any atom is 0.240 e. The normalized spacial score (nSPS) is 27.6. The average Bonchev–Trinajstić information content (AvgIpc) is 3.22. The van der Waals surface area contributed by atoms with E-state index >= 15 is 0 Å². The van der Waals surface area contributed by atoms with Gasteiger partial charge in [0.15, 0.2) is 0 Å². The first-order valence-electron chi connectivity index (χ1n) is 8.03. The molecule has 5 nitrogen and oxygen atoms in total. The average molecular weight is 298 g/mol. The summed E-state index contributed by atoms with van der Waals surface area (Å²) in [5, 5.41) is 15.9. The Bertz CT molecular complexity index is 554. The number of likely N-dealkylation sites (tertiary alicyclic amines) is 1. The summed E-state index contributed by atoms with van der Waals surface area (Å²) in [5.74, 6) is 0.103. The standard InChI is InChI=1S/C17H22N4O/c18-11-15-7-4-10-21(15)17(22)16-9-8-14(20-16)12-19-13-5-2-1-3-6-13/h1-3,5-6,14-16,19-20H,4,7-10,12H2/t14-,15+,16-/m1/s1. The van der Waals surface area contributed by atoms with Crippen molar-refractivity contribution in [2.75, 3.05) is 18.4 Å². The summed E-state index contributed by atoms with van der Waals surface area (Å²) in [5.41, 5.74) is 1.10. The first-order valence-corrected chi connectivity index (χ1v) is 8.03. The largest absolute Gasteiger partial charge is 0.383 e. The zero-order valence-electron chi connectivity index (χ0n) is 12.7. The maximum atomic E-state index is 12.5. The second-order valence-corrected chi connectivity index (χ2v) is 6.06. The fraction of sp³-hybridized carbons (Fsp3) is 0.529. The fourth-order valence-corrected chi connectivity index (χ4v) is 3.34. The number of amides is 1. The number of anilines is 1. The Labute approximate surface area is 131 Å². The van der Waals surface area contributed by atoms with E-state index in [4.69, 9.17) is 5.26 Å². The van der Waals surface area contributed by atoms with Gasteiger partial charge in [0.1, 0.15) is 6.04 Å². The van der Waals surface area contributed by atoms with E-state index in [1.807, 2.05) is 30.3 Å². The molecule has 3 atom stereocenters. The van der Waals surface area contributed by atoms with Gasteiger partial charge in [-0.3, -0.25) is 4.79 Å². The van der Waals surface area contributed by atoms with E-state index in [9.17, 15) is 4.79 Å². The number of hydrogen-bond acceptors (Lipinski definition) is 4. The van der Waals surface area contributed by atoms with Gasteiger partial charge < -0.3 is 15.5 Å². The van der Waals surface area contributed by atoms with Crippen molar-refractivity contribution in [2.24, 2.45) is 0 Å². The molecule has 0 unspecified atom stereocenters. The second kappa shape index (κ2) is 6.80. The molecule has 5 heteroatoms. The lowest BCUT2D eigenvalue weighted by molar-refractivity contribution is -0.133. The summed E-state index contributed by atoms with van der Waals surface area (Å²) in [6, 6.07) is 12.3. The molecule has 2 N–H and O–H groups in total. The lowest BCUT2D eigenvalue weighted by Crippen LogP contribution is -2.47. The van der Waals surface area contributed by atoms with Crippen molar-refractivity contribution in [2.45, 2.75) is 43.8 Å². The lowest BCUT2D eigenvalue weighted by atomic mass is 10.1. The molecule has 2 fully saturated rings. The van der Waals surface area contributed by atoms with Crippen LogP contribution in [0, 0.1) is 11.3 Å². The number of carbonyl (C=O) groups is 1. The minimum atomic E-state index is -0.226. The van der Waals surface area contributed by atoms with E-state index in [0.29, 0.717) is 6.04 Å². The van der Waals surface area contributed by atoms with Crippen LogP contribution in [0.1, 0.15) is 25.7 Å². The van der Waals surface area contributed by atoms with E-state index in [0.717, 1.165) is 44.5 Å². The predicted octanol–water partition coefficient (Wildman–Crippen LogP) is 1.73. The SMILES string of the molecule is N#C[C@@H]1CCCN1C(=O)[C@H]1CC[C@H](CNc2ccccc2)N1. The Morgan fingerprint density at radius 3 is 2.91 bits per heavy atom. The number of rotatable bonds is 4. The molecule has 1 aromatic carbocycles. The monoisotopic (exact) mass is 298 g/mol. The van der Waals surface area contributed by atoms with Gasteiger partial charge in [0.05, 0.1) is 12.1 Å². The Morgan fingerprint density at radius 2 is 2.14 bits per heavy atom. The molecule has 0 aliphatic carbocycles. The molecule has 0 saturated carbocycles. The number of hydrogen-bond donors (Lipinski definition) is 2. The predicted molar refractivity (Wildman–Crippen MR) is 85.2 cm³/mol. The van der Waals surface area contributed by atoms with Crippen molar-refractivity contribution in [1.82, 2.24) is 10.2 Å². The summed E-state index contributed by atoms with van der Waals surface area (Å²) < 4.78 is 0. The highest BCUT2D eigenvalue weighted by atomic mass is 16.2. The van der Waals surface area contributed by atoms with Gasteiger partial charge >= 0.3 is 0 Å². The highest BCUT2D eigenvalue weighted by Gasteiger charge is 2.36. The number of nitriles is 1. The van der Waals surface area contributed by atoms with Gasteiger partial charge in [-0.05, 0) is 37.8 Å². The molecule has 22 heavy (non-hydrogen) atoms. The molecule has 1 amide bonds. The molecule has 1 aromatic rings. The highest BCUT2D eigenvalue weighted by molar-refractivity contribution is 5.83. The summed E-state index contributed by atoms with van der Waals surface area (Å²) in [6.07, 6.45) is 3.60. The summed E-state index contributed by atoms with van der Waals surface area (Å²) in [6.45, 7) is 1.54. The van der Waals surface area contributed by atoms with Crippen LogP contribution in [0.2, 0.25) is 0 Å². The van der Waals surface area contributed by atoms with E-state index in [2.05, 4.69) is 16.7 Å². The zero-order valence-corrected chi connectivity index (χ0v) is 12.7. The molecule has 0 radical (unpaired) electrons. The zero-order chi connectivity index (χ0) is 15.4. The van der Waals surface area contributed by atoms with Crippen LogP contribution < -0.4 is 10.6 Å². The van der Waals surface area contributed by atoms with Crippen molar-refractivity contribution in [3.63, 3.8) is 0 Å². The number of nitrogens with one attached hydrogen (secondary N) is 2. The number of nitrogens with zero attached hydrogens (tertiary/aromatic N) is 2. The van der Waals surface area contributed by atoms with Gasteiger partial charge in [-0.25, -0.2) is 0 Å². The molecule has 2 heterocycles. The Balaban J connectivity index is 1.50. The molecule has 116 valence electrons. The van der Waals surface area contributed by atoms with Crippen molar-refractivity contribution >= 4 is 11.6 Å². The third kappa shape index (κ3) is 3.23. The molecule has 0 aromatic heterocycles. The van der Waals surface area contributed by atoms with Crippen LogP contribution in [0.5, 0.6) is 0 Å². The molecule has 3 rings (SSSR count). The maximum absolute atomic E-state index is 12.5. The minimum absolute atomic E-state index is 0.103. The summed E-state index contributed by atoms with van der Waals surface area (Å²) >= 11 is 0. The second-order valence-electron chi connectivity index (χ2n) is 6.06. The summed E-state index contributed by atoms with van der Waals surface area (Å²) in [4.78, 5) is 14.3. The van der Waals surface area contributed by atoms with Crippen LogP contribution in [0.25, 0.3) is 0 Å². The van der Waals surface area contributed by atoms with Crippen LogP contribution in [-0.4, -0.2) is 42.0 Å². The first kappa shape index (κ1) is 14.9. The van der Waals surface area contributed by atoms with Crippen LogP contribution in [-0.2, 0) is 4.79 Å². The van der Waals surface area contributed by atoms with Gasteiger partial charge in [0.25, 0.3) is 0 Å². The minimum Gasteiger partial charge on any atom is -0.383 e. The number of benzene rings is 1. The van der Waals surface area contributed by atoms with Gasteiger partial charge in [0, 0.05) is 24.8 Å². The van der Waals surface area contributed by atoms with Crippen LogP contribution >= 0.6 is 0 Å². The molecule has 0 spiro atoms. The highest BCUT2D eigenvalue weighted by Crippen LogP contribution is 2.21. The van der Waals surface area contributed by atoms with Gasteiger partial charge in [-0.2, -0.15) is 5.26 Å². The van der Waals surface area contributed by atoms with Crippen molar-refractivity contribution < 1.29 is 4.79 Å².